The summed E-state index contributed by atoms with van der Waals surface area (Å²) in [5.41, 5.74) is 4.89. The van der Waals surface area contributed by atoms with E-state index in [-0.39, 0.29) is 6.04 Å². The Morgan fingerprint density at radius 1 is 1.32 bits per heavy atom. The van der Waals surface area contributed by atoms with Crippen LogP contribution in [0.3, 0.4) is 0 Å². The lowest BCUT2D eigenvalue weighted by Crippen LogP contribution is -2.42. The molecular weight excluding hydrogens is 429 g/mol. The molecule has 0 radical (unpaired) electrons. The first-order chi connectivity index (χ1) is 11.9. The molecule has 1 atom stereocenters. The highest BCUT2D eigenvalue weighted by molar-refractivity contribution is 14.1. The Hall–Kier alpha value is -1.57. The fourth-order valence-corrected chi connectivity index (χ4v) is 4.54. The summed E-state index contributed by atoms with van der Waals surface area (Å²) in [6, 6.07) is 6.37. The normalized spacial score (nSPS) is 16.8. The lowest BCUT2D eigenvalue weighted by molar-refractivity contribution is 0.106. The van der Waals surface area contributed by atoms with Crippen LogP contribution >= 0.6 is 22.6 Å². The zero-order valence-electron chi connectivity index (χ0n) is 14.9. The van der Waals surface area contributed by atoms with Crippen molar-refractivity contribution in [2.75, 3.05) is 6.54 Å². The first-order valence-corrected chi connectivity index (χ1v) is 9.80. The van der Waals surface area contributed by atoms with Crippen LogP contribution in [0.5, 0.6) is 0 Å². The molecule has 0 bridgehead atoms. The largest absolute Gasteiger partial charge is 0.465 e. The van der Waals surface area contributed by atoms with Gasteiger partial charge in [-0.05, 0) is 66.0 Å². The van der Waals surface area contributed by atoms with Crippen LogP contribution in [0.25, 0.3) is 0 Å². The highest BCUT2D eigenvalue weighted by Gasteiger charge is 2.34. The Morgan fingerprint density at radius 3 is 2.72 bits per heavy atom. The molecule has 1 aliphatic heterocycles. The smallest absolute Gasteiger partial charge is 0.407 e. The van der Waals surface area contributed by atoms with E-state index >= 15 is 0 Å². The minimum absolute atomic E-state index is 0.132. The number of carbonyl (C=O) groups is 1. The van der Waals surface area contributed by atoms with Crippen LogP contribution in [0.1, 0.15) is 47.6 Å². The highest BCUT2D eigenvalue weighted by Crippen LogP contribution is 2.34. The van der Waals surface area contributed by atoms with Crippen LogP contribution in [0.15, 0.2) is 18.2 Å². The third-order valence-electron chi connectivity index (χ3n) is 5.14. The minimum Gasteiger partial charge on any atom is -0.465 e. The van der Waals surface area contributed by atoms with Crippen molar-refractivity contribution in [2.45, 2.75) is 52.6 Å². The summed E-state index contributed by atoms with van der Waals surface area (Å²) in [5.74, 6) is 1.06. The summed E-state index contributed by atoms with van der Waals surface area (Å²) < 4.78 is 3.16. The Morgan fingerprint density at radius 2 is 2.08 bits per heavy atom. The van der Waals surface area contributed by atoms with E-state index in [2.05, 4.69) is 71.1 Å². The van der Waals surface area contributed by atoms with Gasteiger partial charge in [-0.15, -0.1) is 0 Å². The summed E-state index contributed by atoms with van der Waals surface area (Å²) >= 11 is 2.25. The molecule has 134 valence electrons. The van der Waals surface area contributed by atoms with Crippen molar-refractivity contribution in [1.82, 2.24) is 14.5 Å². The molecule has 0 saturated heterocycles. The number of hydrogen-bond acceptors (Lipinski definition) is 2. The molecule has 3 rings (SSSR count). The average Bonchev–Trinajstić information content (AvgIpc) is 2.92. The number of fused-ring (bicyclic) bond motifs is 1. The second-order valence-corrected chi connectivity index (χ2v) is 7.68. The van der Waals surface area contributed by atoms with Gasteiger partial charge in [-0.2, -0.15) is 0 Å². The molecule has 1 aromatic heterocycles. The van der Waals surface area contributed by atoms with Crippen molar-refractivity contribution in [2.24, 2.45) is 0 Å². The third kappa shape index (κ3) is 3.54. The van der Waals surface area contributed by atoms with Crippen LogP contribution in [0.4, 0.5) is 4.79 Å². The van der Waals surface area contributed by atoms with Crippen molar-refractivity contribution < 1.29 is 9.90 Å². The zero-order valence-corrected chi connectivity index (χ0v) is 17.1. The molecular formula is C19H24IN3O2. The van der Waals surface area contributed by atoms with Gasteiger partial charge in [-0.1, -0.05) is 25.1 Å². The number of aromatic nitrogens is 2. The number of imidazole rings is 1. The van der Waals surface area contributed by atoms with E-state index < -0.39 is 6.09 Å². The van der Waals surface area contributed by atoms with Crippen LogP contribution in [0.2, 0.25) is 0 Å². The molecule has 0 fully saturated rings. The van der Waals surface area contributed by atoms with Gasteiger partial charge in [0.2, 0.25) is 0 Å². The maximum atomic E-state index is 11.8. The fourth-order valence-electron chi connectivity index (χ4n) is 3.61. The summed E-state index contributed by atoms with van der Waals surface area (Å²) in [4.78, 5) is 18.0. The number of amides is 1. The second kappa shape index (κ2) is 7.35. The van der Waals surface area contributed by atoms with E-state index in [0.29, 0.717) is 13.1 Å². The number of hydrogen-bond donors (Lipinski definition) is 1. The fraction of sp³-hybridized carbons (Fsp3) is 0.474. The molecule has 1 amide bonds. The molecule has 0 aliphatic carbocycles. The molecule has 2 aromatic rings. The number of aryl methyl sites for hydroxylation is 4. The standard InChI is InChI=1S/C19H24IN3O2/c1-4-16-21-18(20)17-15(22(19(24)25)9-10-23(16)17)8-7-14-6-5-12(2)13(3)11-14/h5-6,11,15H,4,7-10H2,1-3H3,(H,24,25). The predicted octanol–water partition coefficient (Wildman–Crippen LogP) is 4.33. The lowest BCUT2D eigenvalue weighted by atomic mass is 9.98. The summed E-state index contributed by atoms with van der Waals surface area (Å²) in [7, 11) is 0. The van der Waals surface area contributed by atoms with E-state index in [1.807, 2.05) is 0 Å². The Kier molecular flexibility index (Phi) is 5.36. The Labute approximate surface area is 162 Å². The molecule has 6 heteroatoms. The van der Waals surface area contributed by atoms with Gasteiger partial charge in [-0.3, -0.25) is 4.90 Å². The van der Waals surface area contributed by atoms with Crippen molar-refractivity contribution in [3.05, 3.63) is 50.1 Å². The second-order valence-electron chi connectivity index (χ2n) is 6.66. The lowest BCUT2D eigenvalue weighted by Gasteiger charge is -2.35. The van der Waals surface area contributed by atoms with Gasteiger partial charge in [0, 0.05) is 19.5 Å². The van der Waals surface area contributed by atoms with Crippen molar-refractivity contribution >= 4 is 28.7 Å². The molecule has 1 aromatic carbocycles. The van der Waals surface area contributed by atoms with Crippen molar-refractivity contribution in [3.63, 3.8) is 0 Å². The number of benzene rings is 1. The first-order valence-electron chi connectivity index (χ1n) is 8.72. The SMILES string of the molecule is CCc1nc(I)c2n1CCN(C(=O)O)C2CCc1ccc(C)c(C)c1. The molecule has 1 N–H and O–H groups in total. The predicted molar refractivity (Wildman–Crippen MR) is 106 cm³/mol. The van der Waals surface area contributed by atoms with Crippen LogP contribution in [-0.4, -0.2) is 32.2 Å². The van der Waals surface area contributed by atoms with Crippen LogP contribution < -0.4 is 0 Å². The molecule has 5 nitrogen and oxygen atoms in total. The zero-order chi connectivity index (χ0) is 18.1. The molecule has 1 unspecified atom stereocenters. The summed E-state index contributed by atoms with van der Waals surface area (Å²) in [5, 5.41) is 9.66. The number of carboxylic acid groups (broad SMARTS) is 1. The van der Waals surface area contributed by atoms with Gasteiger partial charge in [0.1, 0.15) is 9.53 Å². The number of nitrogens with zero attached hydrogens (tertiary/aromatic N) is 3. The van der Waals surface area contributed by atoms with Gasteiger partial charge in [0.15, 0.2) is 0 Å². The molecule has 2 heterocycles. The van der Waals surface area contributed by atoms with Crippen molar-refractivity contribution in [3.8, 4) is 0 Å². The van der Waals surface area contributed by atoms with E-state index in [1.165, 1.54) is 16.7 Å². The van der Waals surface area contributed by atoms with Gasteiger partial charge < -0.3 is 9.67 Å². The maximum Gasteiger partial charge on any atom is 0.407 e. The Balaban J connectivity index is 1.90. The molecule has 0 saturated carbocycles. The van der Waals surface area contributed by atoms with E-state index in [4.69, 9.17) is 0 Å². The Bertz CT molecular complexity index is 800. The van der Waals surface area contributed by atoms with Crippen molar-refractivity contribution in [1.29, 1.82) is 0 Å². The highest BCUT2D eigenvalue weighted by atomic mass is 127. The van der Waals surface area contributed by atoms with E-state index in [9.17, 15) is 9.90 Å². The van der Waals surface area contributed by atoms with E-state index in [1.54, 1.807) is 4.90 Å². The summed E-state index contributed by atoms with van der Waals surface area (Å²) in [6.45, 7) is 7.55. The molecule has 1 aliphatic rings. The number of rotatable bonds is 4. The summed E-state index contributed by atoms with van der Waals surface area (Å²) in [6.07, 6.45) is 1.66. The number of halogens is 1. The van der Waals surface area contributed by atoms with Crippen LogP contribution in [-0.2, 0) is 19.4 Å². The van der Waals surface area contributed by atoms with Crippen LogP contribution in [0, 0.1) is 17.5 Å². The van der Waals surface area contributed by atoms with Gasteiger partial charge in [0.05, 0.1) is 11.7 Å². The van der Waals surface area contributed by atoms with Gasteiger partial charge >= 0.3 is 6.09 Å². The monoisotopic (exact) mass is 453 g/mol. The minimum atomic E-state index is -0.841. The van der Waals surface area contributed by atoms with Gasteiger partial charge in [0.25, 0.3) is 0 Å². The molecule has 0 spiro atoms. The van der Waals surface area contributed by atoms with Gasteiger partial charge in [-0.25, -0.2) is 9.78 Å². The molecule has 25 heavy (non-hydrogen) atoms. The average molecular weight is 453 g/mol. The van der Waals surface area contributed by atoms with E-state index in [0.717, 1.165) is 34.5 Å². The quantitative estimate of drug-likeness (QED) is 0.702. The first kappa shape index (κ1) is 18.2. The topological polar surface area (TPSA) is 58.4 Å². The third-order valence-corrected chi connectivity index (χ3v) is 5.93. The maximum absolute atomic E-state index is 11.8.